The zero-order chi connectivity index (χ0) is 11.5. The van der Waals surface area contributed by atoms with E-state index in [1.165, 1.54) is 11.3 Å². The molecule has 1 aromatic rings. The molecule has 3 N–H and O–H groups in total. The first-order chi connectivity index (χ1) is 6.96. The number of hydrogen-bond donors (Lipinski definition) is 2. The molecule has 0 atom stereocenters. The van der Waals surface area contributed by atoms with Gasteiger partial charge in [-0.05, 0) is 27.4 Å². The van der Waals surface area contributed by atoms with Crippen molar-refractivity contribution in [1.29, 1.82) is 0 Å². The highest BCUT2D eigenvalue weighted by atomic mass is 79.9. The molecule has 0 fully saturated rings. The molecule has 0 bridgehead atoms. The molecule has 92 valence electrons. The van der Waals surface area contributed by atoms with Gasteiger partial charge in [-0.1, -0.05) is 0 Å². The summed E-state index contributed by atoms with van der Waals surface area (Å²) in [6.07, 6.45) is 0. The number of amides is 1. The highest BCUT2D eigenvalue weighted by molar-refractivity contribution is 9.10. The molecule has 0 unspecified atom stereocenters. The van der Waals surface area contributed by atoms with Crippen LogP contribution in [0.15, 0.2) is 15.9 Å². The first-order valence-corrected chi connectivity index (χ1v) is 5.72. The molecular formula is C8H10BrClF2N2OS. The van der Waals surface area contributed by atoms with Crippen molar-refractivity contribution in [3.05, 3.63) is 20.8 Å². The van der Waals surface area contributed by atoms with Gasteiger partial charge in [-0.15, -0.1) is 23.7 Å². The smallest absolute Gasteiger partial charge is 0.277 e. The molecule has 0 saturated carbocycles. The number of carbonyl (C=O) groups excluding carboxylic acids is 1. The second kappa shape index (κ2) is 6.48. The second-order valence-corrected chi connectivity index (χ2v) is 4.61. The maximum Gasteiger partial charge on any atom is 0.277 e. The van der Waals surface area contributed by atoms with E-state index in [-0.39, 0.29) is 12.4 Å². The van der Waals surface area contributed by atoms with Crippen molar-refractivity contribution in [3.63, 3.8) is 0 Å². The standard InChI is InChI=1S/C8H9BrF2N2OS.ClH/c9-5-1-2-15-6(5)7(14)13-4-8(10,11)3-12;/h1-2H,3-4,12H2,(H,13,14);1H. The van der Waals surface area contributed by atoms with Gasteiger partial charge < -0.3 is 11.1 Å². The number of rotatable bonds is 4. The van der Waals surface area contributed by atoms with Crippen molar-refractivity contribution in [2.45, 2.75) is 5.92 Å². The molecule has 1 amide bonds. The molecule has 8 heteroatoms. The molecule has 0 saturated heterocycles. The van der Waals surface area contributed by atoms with E-state index in [9.17, 15) is 13.6 Å². The Kier molecular flexibility index (Phi) is 6.39. The Hall–Kier alpha value is -0.240. The zero-order valence-corrected chi connectivity index (χ0v) is 11.2. The van der Waals surface area contributed by atoms with E-state index in [0.717, 1.165) is 0 Å². The quantitative estimate of drug-likeness (QED) is 0.887. The lowest BCUT2D eigenvalue weighted by Crippen LogP contribution is -2.41. The summed E-state index contributed by atoms with van der Waals surface area (Å²) in [5, 5.41) is 3.82. The molecule has 3 nitrogen and oxygen atoms in total. The largest absolute Gasteiger partial charge is 0.345 e. The van der Waals surface area contributed by atoms with Crippen LogP contribution in [0.1, 0.15) is 9.67 Å². The molecule has 0 aromatic carbocycles. The third-order valence-corrected chi connectivity index (χ3v) is 3.47. The number of carbonyl (C=O) groups is 1. The van der Waals surface area contributed by atoms with Crippen LogP contribution < -0.4 is 11.1 Å². The number of hydrogen-bond acceptors (Lipinski definition) is 3. The number of thiophene rings is 1. The van der Waals surface area contributed by atoms with Crippen LogP contribution >= 0.6 is 39.7 Å². The Morgan fingerprint density at radius 2 is 2.25 bits per heavy atom. The highest BCUT2D eigenvalue weighted by Gasteiger charge is 2.27. The van der Waals surface area contributed by atoms with E-state index in [4.69, 9.17) is 5.73 Å². The summed E-state index contributed by atoms with van der Waals surface area (Å²) in [4.78, 5) is 11.8. The number of halogens is 4. The predicted molar refractivity (Wildman–Crippen MR) is 65.6 cm³/mol. The van der Waals surface area contributed by atoms with Crippen LogP contribution in [0.25, 0.3) is 0 Å². The summed E-state index contributed by atoms with van der Waals surface area (Å²) >= 11 is 4.32. The summed E-state index contributed by atoms with van der Waals surface area (Å²) in [6.45, 7) is -1.52. The summed E-state index contributed by atoms with van der Waals surface area (Å²) in [6, 6.07) is 1.68. The number of nitrogens with one attached hydrogen (secondary N) is 1. The van der Waals surface area contributed by atoms with Crippen molar-refractivity contribution in [2.75, 3.05) is 13.1 Å². The first kappa shape index (κ1) is 15.8. The third kappa shape index (κ3) is 4.32. The number of nitrogens with two attached hydrogens (primary N) is 1. The average molecular weight is 336 g/mol. The van der Waals surface area contributed by atoms with Gasteiger partial charge in [0.05, 0.1) is 13.1 Å². The van der Waals surface area contributed by atoms with Crippen LogP contribution in [0.5, 0.6) is 0 Å². The second-order valence-electron chi connectivity index (χ2n) is 2.84. The average Bonchev–Trinajstić information content (AvgIpc) is 2.61. The summed E-state index contributed by atoms with van der Waals surface area (Å²) in [5.74, 6) is -3.58. The molecular weight excluding hydrogens is 326 g/mol. The van der Waals surface area contributed by atoms with E-state index in [1.54, 1.807) is 11.4 Å². The van der Waals surface area contributed by atoms with E-state index in [2.05, 4.69) is 21.2 Å². The SMILES string of the molecule is Cl.NCC(F)(F)CNC(=O)c1sccc1Br. The van der Waals surface area contributed by atoms with Gasteiger partial charge in [0.15, 0.2) is 0 Å². The Morgan fingerprint density at radius 3 is 2.69 bits per heavy atom. The molecule has 1 aromatic heterocycles. The van der Waals surface area contributed by atoms with Gasteiger partial charge in [0.1, 0.15) is 4.88 Å². The van der Waals surface area contributed by atoms with E-state index < -0.39 is 24.9 Å². The Labute approximate surface area is 110 Å². The fourth-order valence-corrected chi connectivity index (χ4v) is 2.29. The minimum Gasteiger partial charge on any atom is -0.345 e. The van der Waals surface area contributed by atoms with Crippen LogP contribution in [0.4, 0.5) is 8.78 Å². The lowest BCUT2D eigenvalue weighted by Gasteiger charge is -2.13. The molecule has 0 spiro atoms. The van der Waals surface area contributed by atoms with Crippen LogP contribution in [0, 0.1) is 0 Å². The van der Waals surface area contributed by atoms with Crippen molar-refractivity contribution < 1.29 is 13.6 Å². The maximum atomic E-state index is 12.7. The van der Waals surface area contributed by atoms with Crippen molar-refractivity contribution in [2.24, 2.45) is 5.73 Å². The monoisotopic (exact) mass is 334 g/mol. The lowest BCUT2D eigenvalue weighted by atomic mass is 10.3. The molecule has 16 heavy (non-hydrogen) atoms. The van der Waals surface area contributed by atoms with Crippen molar-refractivity contribution in [1.82, 2.24) is 5.32 Å². The van der Waals surface area contributed by atoms with Gasteiger partial charge >= 0.3 is 0 Å². The van der Waals surface area contributed by atoms with Crippen molar-refractivity contribution >= 4 is 45.6 Å². The van der Waals surface area contributed by atoms with Crippen molar-refractivity contribution in [3.8, 4) is 0 Å². The van der Waals surface area contributed by atoms with Crippen LogP contribution in [0.3, 0.4) is 0 Å². The third-order valence-electron chi connectivity index (χ3n) is 1.63. The highest BCUT2D eigenvalue weighted by Crippen LogP contribution is 2.22. The minimum absolute atomic E-state index is 0. The lowest BCUT2D eigenvalue weighted by molar-refractivity contribution is 0.0119. The number of alkyl halides is 2. The molecule has 0 radical (unpaired) electrons. The predicted octanol–water partition coefficient (Wildman–Crippen LogP) is 2.26. The van der Waals surface area contributed by atoms with Gasteiger partial charge in [0, 0.05) is 4.47 Å². The van der Waals surface area contributed by atoms with E-state index >= 15 is 0 Å². The fourth-order valence-electron chi connectivity index (χ4n) is 0.818. The maximum absolute atomic E-state index is 12.7. The Balaban J connectivity index is 0.00000225. The molecule has 0 aliphatic carbocycles. The summed E-state index contributed by atoms with van der Waals surface area (Å²) in [5.41, 5.74) is 4.83. The van der Waals surface area contributed by atoms with Crippen LogP contribution in [0.2, 0.25) is 0 Å². The van der Waals surface area contributed by atoms with Gasteiger partial charge in [-0.2, -0.15) is 0 Å². The van der Waals surface area contributed by atoms with E-state index in [0.29, 0.717) is 9.35 Å². The zero-order valence-electron chi connectivity index (χ0n) is 8.00. The Bertz CT molecular complexity index is 362. The van der Waals surface area contributed by atoms with Gasteiger partial charge in [0.25, 0.3) is 11.8 Å². The fraction of sp³-hybridized carbons (Fsp3) is 0.375. The Morgan fingerprint density at radius 1 is 1.62 bits per heavy atom. The van der Waals surface area contributed by atoms with Gasteiger partial charge in [-0.3, -0.25) is 4.79 Å². The molecule has 0 aliphatic heterocycles. The summed E-state index contributed by atoms with van der Waals surface area (Å²) in [7, 11) is 0. The normalized spacial score (nSPS) is 10.8. The summed E-state index contributed by atoms with van der Waals surface area (Å²) < 4.78 is 26.0. The topological polar surface area (TPSA) is 55.1 Å². The van der Waals surface area contributed by atoms with Gasteiger partial charge in [-0.25, -0.2) is 8.78 Å². The molecule has 1 heterocycles. The minimum atomic E-state index is -3.06. The molecule has 1 rings (SSSR count). The van der Waals surface area contributed by atoms with Crippen LogP contribution in [-0.2, 0) is 0 Å². The van der Waals surface area contributed by atoms with Gasteiger partial charge in [0.2, 0.25) is 0 Å². The van der Waals surface area contributed by atoms with Crippen LogP contribution in [-0.4, -0.2) is 24.9 Å². The molecule has 0 aliphatic rings. The first-order valence-electron chi connectivity index (χ1n) is 4.05. The van der Waals surface area contributed by atoms with E-state index in [1.807, 2.05) is 0 Å².